The normalized spacial score (nSPS) is 51.4. The van der Waals surface area contributed by atoms with E-state index in [4.69, 9.17) is 4.74 Å². The zero-order chi connectivity index (χ0) is 24.9. The molecule has 0 aliphatic heterocycles. The second-order valence-corrected chi connectivity index (χ2v) is 14.2. The van der Waals surface area contributed by atoms with Gasteiger partial charge in [0.05, 0.1) is 12.5 Å². The summed E-state index contributed by atoms with van der Waals surface area (Å²) < 4.78 is 5.46. The van der Waals surface area contributed by atoms with Crippen LogP contribution in [0.25, 0.3) is 0 Å². The first-order chi connectivity index (χ1) is 15.8. The van der Waals surface area contributed by atoms with Gasteiger partial charge in [0, 0.05) is 5.92 Å². The highest BCUT2D eigenvalue weighted by Crippen LogP contribution is 2.74. The smallest absolute Gasteiger partial charge is 0.312 e. The van der Waals surface area contributed by atoms with Crippen molar-refractivity contribution in [1.82, 2.24) is 0 Å². The third-order valence-corrected chi connectivity index (χ3v) is 12.6. The number of hydrogen-bond donors (Lipinski definition) is 0. The molecule has 5 aliphatic carbocycles. The predicted molar refractivity (Wildman–Crippen MR) is 136 cm³/mol. The zero-order valence-corrected chi connectivity index (χ0v) is 22.8. The van der Waals surface area contributed by atoms with Crippen molar-refractivity contribution in [3.63, 3.8) is 0 Å². The Morgan fingerprint density at radius 2 is 1.71 bits per heavy atom. The molecule has 0 amide bonds. The maximum atomic E-state index is 14.3. The second-order valence-electron chi connectivity index (χ2n) is 14.2. The molecule has 0 N–H and O–H groups in total. The summed E-state index contributed by atoms with van der Waals surface area (Å²) in [7, 11) is 1.54. The maximum Gasteiger partial charge on any atom is 0.312 e. The molecule has 0 aromatic carbocycles. The monoisotopic (exact) mass is 466 g/mol. The minimum Gasteiger partial charge on any atom is -0.469 e. The van der Waals surface area contributed by atoms with Crippen LogP contribution in [0, 0.1) is 56.7 Å². The van der Waals surface area contributed by atoms with Gasteiger partial charge in [-0.05, 0) is 96.4 Å². The van der Waals surface area contributed by atoms with Crippen LogP contribution >= 0.6 is 0 Å². The van der Waals surface area contributed by atoms with Crippen LogP contribution in [0.5, 0.6) is 0 Å². The maximum absolute atomic E-state index is 14.3. The second kappa shape index (κ2) is 7.32. The Kier molecular flexibility index (Phi) is 5.24. The Morgan fingerprint density at radius 3 is 2.38 bits per heavy atom. The van der Waals surface area contributed by atoms with E-state index in [9.17, 15) is 9.59 Å². The molecule has 0 spiro atoms. The Hall–Kier alpha value is -1.38. The SMILES string of the molecule is COC(=O)[C@]12CC[C@@H](C)[C@H](C)C1C1=CC(=O)C3[C@@]4(C)CC=CC(C)(C)C4CC[C@@]3(C)[C@]1(C)CC2. The van der Waals surface area contributed by atoms with Gasteiger partial charge >= 0.3 is 5.97 Å². The summed E-state index contributed by atoms with van der Waals surface area (Å²) >= 11 is 0. The first-order valence-corrected chi connectivity index (χ1v) is 13.8. The average Bonchev–Trinajstić information content (AvgIpc) is 2.76. The van der Waals surface area contributed by atoms with Crippen LogP contribution in [0.1, 0.15) is 93.4 Å². The number of methoxy groups -OCH3 is 1. The van der Waals surface area contributed by atoms with Crippen molar-refractivity contribution in [3.05, 3.63) is 23.8 Å². The fourth-order valence-corrected chi connectivity index (χ4v) is 10.5. The van der Waals surface area contributed by atoms with E-state index in [0.29, 0.717) is 23.5 Å². The van der Waals surface area contributed by atoms with Gasteiger partial charge in [-0.2, -0.15) is 0 Å². The van der Waals surface area contributed by atoms with E-state index in [1.807, 2.05) is 0 Å². The van der Waals surface area contributed by atoms with E-state index in [1.54, 1.807) is 7.11 Å². The molecule has 0 aromatic rings. The highest BCUT2D eigenvalue weighted by atomic mass is 16.5. The number of ketones is 1. The van der Waals surface area contributed by atoms with Crippen LogP contribution in [0.4, 0.5) is 0 Å². The molecule has 34 heavy (non-hydrogen) atoms. The molecule has 0 aromatic heterocycles. The summed E-state index contributed by atoms with van der Waals surface area (Å²) in [5.41, 5.74) is 0.794. The van der Waals surface area contributed by atoms with Gasteiger partial charge in [0.1, 0.15) is 0 Å². The van der Waals surface area contributed by atoms with E-state index in [2.05, 4.69) is 66.7 Å². The van der Waals surface area contributed by atoms with Gasteiger partial charge in [0.25, 0.3) is 0 Å². The number of fused-ring (bicyclic) bond motifs is 7. The predicted octanol–water partition coefficient (Wildman–Crippen LogP) is 7.16. The third-order valence-electron chi connectivity index (χ3n) is 12.6. The average molecular weight is 467 g/mol. The molecule has 3 nitrogen and oxygen atoms in total. The summed E-state index contributed by atoms with van der Waals surface area (Å²) in [5, 5.41) is 0. The largest absolute Gasteiger partial charge is 0.469 e. The summed E-state index contributed by atoms with van der Waals surface area (Å²) in [4.78, 5) is 27.7. The Morgan fingerprint density at radius 1 is 1.00 bits per heavy atom. The van der Waals surface area contributed by atoms with Crippen LogP contribution in [0.2, 0.25) is 0 Å². The Bertz CT molecular complexity index is 973. The quantitative estimate of drug-likeness (QED) is 0.304. The number of allylic oxidation sites excluding steroid dienone is 4. The summed E-state index contributed by atoms with van der Waals surface area (Å²) in [5.74, 6) is 1.88. The molecule has 188 valence electrons. The van der Waals surface area contributed by atoms with Crippen molar-refractivity contribution >= 4 is 11.8 Å². The van der Waals surface area contributed by atoms with Crippen molar-refractivity contribution in [2.45, 2.75) is 93.4 Å². The van der Waals surface area contributed by atoms with E-state index >= 15 is 0 Å². The molecular weight excluding hydrogens is 420 g/mol. The highest BCUT2D eigenvalue weighted by Gasteiger charge is 2.70. The van der Waals surface area contributed by atoms with Crippen LogP contribution in [0.15, 0.2) is 23.8 Å². The van der Waals surface area contributed by atoms with Crippen LogP contribution in [-0.2, 0) is 14.3 Å². The Balaban J connectivity index is 1.68. The van der Waals surface area contributed by atoms with Crippen molar-refractivity contribution in [2.75, 3.05) is 7.11 Å². The van der Waals surface area contributed by atoms with E-state index in [0.717, 1.165) is 38.5 Å². The summed E-state index contributed by atoms with van der Waals surface area (Å²) in [6, 6.07) is 0. The third kappa shape index (κ3) is 2.76. The van der Waals surface area contributed by atoms with Gasteiger partial charge in [0.15, 0.2) is 5.78 Å². The molecule has 3 heteroatoms. The van der Waals surface area contributed by atoms with Gasteiger partial charge in [-0.1, -0.05) is 66.2 Å². The van der Waals surface area contributed by atoms with Gasteiger partial charge in [-0.3, -0.25) is 9.59 Å². The number of esters is 1. The topological polar surface area (TPSA) is 43.4 Å². The molecular formula is C31H46O3. The van der Waals surface area contributed by atoms with Crippen LogP contribution in [0.3, 0.4) is 0 Å². The fraction of sp³-hybridized carbons (Fsp3) is 0.806. The van der Waals surface area contributed by atoms with E-state index in [1.165, 1.54) is 12.0 Å². The summed E-state index contributed by atoms with van der Waals surface area (Å²) in [6.45, 7) is 16.7. The fourth-order valence-electron chi connectivity index (χ4n) is 10.5. The molecule has 3 saturated carbocycles. The zero-order valence-electron chi connectivity index (χ0n) is 22.8. The van der Waals surface area contributed by atoms with Crippen molar-refractivity contribution in [1.29, 1.82) is 0 Å². The van der Waals surface area contributed by atoms with Crippen LogP contribution in [-0.4, -0.2) is 18.9 Å². The standard InChI is InChI=1S/C31H46O3/c1-19-10-15-31(26(33)34-8)17-16-29(6)21(24(31)20(19)2)18-22(32)25-28(5)13-9-12-27(3,4)23(28)11-14-30(25,29)7/h9,12,18-20,23-25H,10-11,13-17H2,1-8H3/t19-,20+,23?,24?,25?,28+,29-,30-,31+/m1/s1. The lowest BCUT2D eigenvalue weighted by Gasteiger charge is -2.69. The van der Waals surface area contributed by atoms with Gasteiger partial charge in [-0.25, -0.2) is 0 Å². The minimum absolute atomic E-state index is 0.0181. The minimum atomic E-state index is -0.466. The lowest BCUT2D eigenvalue weighted by molar-refractivity contribution is -0.185. The number of carbonyl (C=O) groups is 2. The molecule has 5 aliphatic rings. The number of ether oxygens (including phenoxy) is 1. The molecule has 9 atom stereocenters. The van der Waals surface area contributed by atoms with Crippen LogP contribution < -0.4 is 0 Å². The highest BCUT2D eigenvalue weighted by molar-refractivity contribution is 5.96. The van der Waals surface area contributed by atoms with Gasteiger partial charge in [-0.15, -0.1) is 0 Å². The molecule has 0 heterocycles. The first-order valence-electron chi connectivity index (χ1n) is 13.8. The first kappa shape index (κ1) is 24.3. The number of hydrogen-bond acceptors (Lipinski definition) is 3. The molecule has 0 radical (unpaired) electrons. The van der Waals surface area contributed by atoms with E-state index < -0.39 is 5.41 Å². The van der Waals surface area contributed by atoms with Crippen molar-refractivity contribution in [2.24, 2.45) is 56.7 Å². The van der Waals surface area contributed by atoms with Crippen molar-refractivity contribution in [3.8, 4) is 0 Å². The molecule has 3 unspecified atom stereocenters. The summed E-state index contributed by atoms with van der Waals surface area (Å²) in [6.07, 6.45) is 13.9. The molecule has 3 fully saturated rings. The lowest BCUT2D eigenvalue weighted by atomic mass is 9.33. The molecule has 0 bridgehead atoms. The number of carbonyl (C=O) groups excluding carboxylic acids is 2. The molecule has 0 saturated heterocycles. The van der Waals surface area contributed by atoms with Gasteiger partial charge in [0.2, 0.25) is 0 Å². The van der Waals surface area contributed by atoms with Crippen molar-refractivity contribution < 1.29 is 14.3 Å². The molecule has 5 rings (SSSR count). The lowest BCUT2D eigenvalue weighted by Crippen LogP contribution is -2.66. The Labute approximate surface area is 207 Å². The van der Waals surface area contributed by atoms with E-state index in [-0.39, 0.29) is 39.5 Å². The number of rotatable bonds is 1. The van der Waals surface area contributed by atoms with Gasteiger partial charge < -0.3 is 4.74 Å².